The molecule has 2 aromatic rings. The van der Waals surface area contributed by atoms with E-state index in [2.05, 4.69) is 10.6 Å². The molecule has 5 nitrogen and oxygen atoms in total. The van der Waals surface area contributed by atoms with Gasteiger partial charge in [-0.25, -0.2) is 8.42 Å². The van der Waals surface area contributed by atoms with E-state index in [1.165, 1.54) is 6.07 Å². The molecule has 0 heterocycles. The zero-order chi connectivity index (χ0) is 18.8. The predicted octanol–water partition coefficient (Wildman–Crippen LogP) is 3.72. The van der Waals surface area contributed by atoms with Crippen LogP contribution >= 0.6 is 11.6 Å². The minimum absolute atomic E-state index is 0.00222. The number of hydrogen-bond acceptors (Lipinski definition) is 4. The number of benzene rings is 2. The van der Waals surface area contributed by atoms with Crippen LogP contribution in [0.3, 0.4) is 0 Å². The molecule has 2 aromatic carbocycles. The van der Waals surface area contributed by atoms with Gasteiger partial charge in [0.05, 0.1) is 11.4 Å². The third-order valence-corrected chi connectivity index (χ3v) is 5.27. The second-order valence-electron chi connectivity index (χ2n) is 6.07. The Kier molecular flexibility index (Phi) is 5.75. The Morgan fingerprint density at radius 1 is 1.08 bits per heavy atom. The standard InChI is InChI=1S/C18H21ClN2O3S/c1-11-5-6-12(2)15(7-11)21-18(22)10-20-16-8-14(19)9-17(13(16)3)25(4,23)24/h5-9,20H,10H2,1-4H3,(H,21,22). The Balaban J connectivity index is 2.15. The van der Waals surface area contributed by atoms with E-state index in [0.717, 1.165) is 23.1 Å². The maximum atomic E-state index is 12.2. The summed E-state index contributed by atoms with van der Waals surface area (Å²) in [6.45, 7) is 5.55. The van der Waals surface area contributed by atoms with Crippen molar-refractivity contribution in [3.05, 3.63) is 52.0 Å². The molecule has 0 aliphatic rings. The number of sulfone groups is 1. The lowest BCUT2D eigenvalue weighted by Gasteiger charge is -2.14. The normalized spacial score (nSPS) is 11.2. The van der Waals surface area contributed by atoms with Crippen molar-refractivity contribution in [1.82, 2.24) is 0 Å². The van der Waals surface area contributed by atoms with Gasteiger partial charge in [-0.2, -0.15) is 0 Å². The zero-order valence-corrected chi connectivity index (χ0v) is 16.2. The molecular formula is C18H21ClN2O3S. The number of nitrogens with one attached hydrogen (secondary N) is 2. The van der Waals surface area contributed by atoms with Crippen LogP contribution in [0.15, 0.2) is 35.2 Å². The molecular weight excluding hydrogens is 360 g/mol. The van der Waals surface area contributed by atoms with Gasteiger partial charge >= 0.3 is 0 Å². The molecule has 134 valence electrons. The smallest absolute Gasteiger partial charge is 0.243 e. The molecule has 7 heteroatoms. The summed E-state index contributed by atoms with van der Waals surface area (Å²) >= 11 is 6.01. The van der Waals surface area contributed by atoms with Gasteiger partial charge in [0.25, 0.3) is 0 Å². The Morgan fingerprint density at radius 3 is 2.40 bits per heavy atom. The largest absolute Gasteiger partial charge is 0.376 e. The molecule has 0 radical (unpaired) electrons. The average Bonchev–Trinajstić information content (AvgIpc) is 2.50. The van der Waals surface area contributed by atoms with Crippen LogP contribution < -0.4 is 10.6 Å². The molecule has 0 aromatic heterocycles. The fraction of sp³-hybridized carbons (Fsp3) is 0.278. The topological polar surface area (TPSA) is 75.3 Å². The van der Waals surface area contributed by atoms with Gasteiger partial charge < -0.3 is 10.6 Å². The molecule has 25 heavy (non-hydrogen) atoms. The third-order valence-electron chi connectivity index (χ3n) is 3.83. The van der Waals surface area contributed by atoms with E-state index in [9.17, 15) is 13.2 Å². The van der Waals surface area contributed by atoms with Crippen molar-refractivity contribution in [2.75, 3.05) is 23.4 Å². The molecule has 0 aliphatic carbocycles. The lowest BCUT2D eigenvalue weighted by Crippen LogP contribution is -2.22. The number of aryl methyl sites for hydroxylation is 2. The summed E-state index contributed by atoms with van der Waals surface area (Å²) in [5.41, 5.74) is 3.83. The number of carbonyl (C=O) groups excluding carboxylic acids is 1. The van der Waals surface area contributed by atoms with E-state index in [4.69, 9.17) is 11.6 Å². The van der Waals surface area contributed by atoms with Crippen LogP contribution in [0.2, 0.25) is 5.02 Å². The molecule has 0 spiro atoms. The first-order valence-electron chi connectivity index (χ1n) is 7.69. The number of hydrogen-bond donors (Lipinski definition) is 2. The van der Waals surface area contributed by atoms with E-state index in [1.807, 2.05) is 32.0 Å². The van der Waals surface area contributed by atoms with Crippen molar-refractivity contribution >= 4 is 38.7 Å². The Labute approximate surface area is 153 Å². The monoisotopic (exact) mass is 380 g/mol. The number of rotatable bonds is 5. The Morgan fingerprint density at radius 2 is 1.76 bits per heavy atom. The van der Waals surface area contributed by atoms with Crippen LogP contribution in [-0.4, -0.2) is 27.1 Å². The minimum atomic E-state index is -3.40. The fourth-order valence-electron chi connectivity index (χ4n) is 2.46. The molecule has 0 saturated heterocycles. The van der Waals surface area contributed by atoms with E-state index < -0.39 is 9.84 Å². The molecule has 2 rings (SSSR count). The molecule has 0 saturated carbocycles. The van der Waals surface area contributed by atoms with Gasteiger partial charge in [-0.05, 0) is 55.7 Å². The highest BCUT2D eigenvalue weighted by molar-refractivity contribution is 7.90. The number of carbonyl (C=O) groups is 1. The quantitative estimate of drug-likeness (QED) is 0.828. The molecule has 1 amide bonds. The van der Waals surface area contributed by atoms with Gasteiger partial charge in [0, 0.05) is 22.7 Å². The number of anilines is 2. The fourth-order valence-corrected chi connectivity index (χ4v) is 3.75. The minimum Gasteiger partial charge on any atom is -0.376 e. The van der Waals surface area contributed by atoms with Gasteiger partial charge in [0.15, 0.2) is 9.84 Å². The maximum Gasteiger partial charge on any atom is 0.243 e. The van der Waals surface area contributed by atoms with Crippen molar-refractivity contribution in [2.24, 2.45) is 0 Å². The molecule has 2 N–H and O–H groups in total. The lowest BCUT2D eigenvalue weighted by molar-refractivity contribution is -0.114. The van der Waals surface area contributed by atoms with Gasteiger partial charge in [0.2, 0.25) is 5.91 Å². The van der Waals surface area contributed by atoms with E-state index in [-0.39, 0.29) is 17.3 Å². The molecule has 0 bridgehead atoms. The zero-order valence-electron chi connectivity index (χ0n) is 14.6. The van der Waals surface area contributed by atoms with Crippen molar-refractivity contribution in [2.45, 2.75) is 25.7 Å². The molecule has 0 aliphatic heterocycles. The van der Waals surface area contributed by atoms with E-state index in [1.54, 1.807) is 13.0 Å². The van der Waals surface area contributed by atoms with Gasteiger partial charge in [-0.15, -0.1) is 0 Å². The second kappa shape index (κ2) is 7.45. The first kappa shape index (κ1) is 19.3. The lowest BCUT2D eigenvalue weighted by atomic mass is 10.1. The second-order valence-corrected chi connectivity index (χ2v) is 8.49. The van der Waals surface area contributed by atoms with E-state index in [0.29, 0.717) is 16.3 Å². The summed E-state index contributed by atoms with van der Waals surface area (Å²) in [6, 6.07) is 8.84. The van der Waals surface area contributed by atoms with Crippen molar-refractivity contribution in [1.29, 1.82) is 0 Å². The van der Waals surface area contributed by atoms with Gasteiger partial charge in [0.1, 0.15) is 0 Å². The summed E-state index contributed by atoms with van der Waals surface area (Å²) in [5, 5.41) is 6.10. The SMILES string of the molecule is Cc1ccc(C)c(NC(=O)CNc2cc(Cl)cc(S(C)(=O)=O)c2C)c1. The van der Waals surface area contributed by atoms with Crippen LogP contribution in [0.4, 0.5) is 11.4 Å². The van der Waals surface area contributed by atoms with Gasteiger partial charge in [-0.3, -0.25) is 4.79 Å². The summed E-state index contributed by atoms with van der Waals surface area (Å²) in [7, 11) is -3.40. The van der Waals surface area contributed by atoms with Crippen LogP contribution in [-0.2, 0) is 14.6 Å². The molecule has 0 fully saturated rings. The summed E-state index contributed by atoms with van der Waals surface area (Å²) < 4.78 is 23.7. The van der Waals surface area contributed by atoms with E-state index >= 15 is 0 Å². The van der Waals surface area contributed by atoms with Gasteiger partial charge in [-0.1, -0.05) is 23.7 Å². The number of amides is 1. The predicted molar refractivity (Wildman–Crippen MR) is 102 cm³/mol. The average molecular weight is 381 g/mol. The van der Waals surface area contributed by atoms with Crippen LogP contribution in [0.1, 0.15) is 16.7 Å². The van der Waals surface area contributed by atoms with Crippen molar-refractivity contribution in [3.8, 4) is 0 Å². The Hall–Kier alpha value is -2.05. The van der Waals surface area contributed by atoms with Crippen molar-refractivity contribution < 1.29 is 13.2 Å². The molecule has 0 atom stereocenters. The summed E-state index contributed by atoms with van der Waals surface area (Å²) in [5.74, 6) is -0.228. The maximum absolute atomic E-state index is 12.2. The van der Waals surface area contributed by atoms with Crippen molar-refractivity contribution in [3.63, 3.8) is 0 Å². The van der Waals surface area contributed by atoms with Crippen LogP contribution in [0, 0.1) is 20.8 Å². The highest BCUT2D eigenvalue weighted by atomic mass is 35.5. The van der Waals surface area contributed by atoms with Crippen LogP contribution in [0.5, 0.6) is 0 Å². The first-order valence-corrected chi connectivity index (χ1v) is 9.96. The third kappa shape index (κ3) is 4.96. The Bertz CT molecular complexity index is 924. The highest BCUT2D eigenvalue weighted by Gasteiger charge is 2.16. The number of halogens is 1. The van der Waals surface area contributed by atoms with Crippen LogP contribution in [0.25, 0.3) is 0 Å². The molecule has 0 unspecified atom stereocenters. The first-order chi connectivity index (χ1) is 11.6. The highest BCUT2D eigenvalue weighted by Crippen LogP contribution is 2.28. The summed E-state index contributed by atoms with van der Waals surface area (Å²) in [6.07, 6.45) is 1.13. The summed E-state index contributed by atoms with van der Waals surface area (Å²) in [4.78, 5) is 12.4.